The summed E-state index contributed by atoms with van der Waals surface area (Å²) in [7, 11) is 0. The van der Waals surface area contributed by atoms with Crippen molar-refractivity contribution in [2.24, 2.45) is 0 Å². The van der Waals surface area contributed by atoms with Crippen molar-refractivity contribution in [3.8, 4) is 0 Å². The summed E-state index contributed by atoms with van der Waals surface area (Å²) in [6.07, 6.45) is 3.40. The lowest BCUT2D eigenvalue weighted by atomic mass is 10.4. The number of nitrogens with two attached hydrogens (primary N) is 1. The molecule has 0 aliphatic rings. The molecule has 0 bridgehead atoms. The highest BCUT2D eigenvalue weighted by molar-refractivity contribution is 6.32. The Bertz CT molecular complexity index is 393. The Hall–Kier alpha value is -1.22. The molecule has 0 aliphatic heterocycles. The van der Waals surface area contributed by atoms with Crippen molar-refractivity contribution in [3.05, 3.63) is 29.8 Å². The van der Waals surface area contributed by atoms with Crippen LogP contribution in [0.4, 0.5) is 5.69 Å². The van der Waals surface area contributed by atoms with Crippen molar-refractivity contribution in [1.82, 2.24) is 9.38 Å². The summed E-state index contributed by atoms with van der Waals surface area (Å²) in [4.78, 5) is 3.91. The highest BCUT2D eigenvalue weighted by Crippen LogP contribution is 2.15. The zero-order valence-electron chi connectivity index (χ0n) is 5.66. The molecule has 0 saturated carbocycles. The van der Waals surface area contributed by atoms with Gasteiger partial charge in [0.05, 0.1) is 5.52 Å². The van der Waals surface area contributed by atoms with Gasteiger partial charge in [-0.3, -0.25) is 0 Å². The van der Waals surface area contributed by atoms with Gasteiger partial charge in [0.1, 0.15) is 6.33 Å². The van der Waals surface area contributed by atoms with Crippen LogP contribution in [0.3, 0.4) is 0 Å². The minimum Gasteiger partial charge on any atom is -0.398 e. The number of rotatable bonds is 0. The van der Waals surface area contributed by atoms with Gasteiger partial charge in [-0.15, -0.1) is 0 Å². The number of imidazole rings is 1. The third kappa shape index (κ3) is 0.935. The Morgan fingerprint density at radius 2 is 2.27 bits per heavy atom. The van der Waals surface area contributed by atoms with Gasteiger partial charge in [-0.25, -0.2) is 4.98 Å². The first-order chi connectivity index (χ1) is 5.27. The maximum Gasteiger partial charge on any atom is 0.154 e. The fraction of sp³-hybridized carbons (Fsp3) is 0. The van der Waals surface area contributed by atoms with E-state index in [4.69, 9.17) is 17.3 Å². The summed E-state index contributed by atoms with van der Waals surface area (Å²) < 4.78 is 1.79. The van der Waals surface area contributed by atoms with Gasteiger partial charge in [-0.1, -0.05) is 11.6 Å². The molecule has 3 nitrogen and oxygen atoms in total. The lowest BCUT2D eigenvalue weighted by Gasteiger charge is -1.94. The number of hydrogen-bond donors (Lipinski definition) is 1. The van der Waals surface area contributed by atoms with E-state index < -0.39 is 0 Å². The SMILES string of the molecule is Nc1ccc2c(Cl)ncn2c1. The van der Waals surface area contributed by atoms with Crippen molar-refractivity contribution in [1.29, 1.82) is 0 Å². The first-order valence-corrected chi connectivity index (χ1v) is 3.53. The second-order valence-corrected chi connectivity index (χ2v) is 2.65. The smallest absolute Gasteiger partial charge is 0.154 e. The van der Waals surface area contributed by atoms with Gasteiger partial charge in [0.2, 0.25) is 0 Å². The lowest BCUT2D eigenvalue weighted by Crippen LogP contribution is -1.88. The number of nitrogen functional groups attached to an aromatic ring is 1. The molecule has 2 rings (SSSR count). The molecule has 11 heavy (non-hydrogen) atoms. The second kappa shape index (κ2) is 2.13. The molecule has 0 unspecified atom stereocenters. The number of hydrogen-bond acceptors (Lipinski definition) is 2. The van der Waals surface area contributed by atoms with Crippen LogP contribution >= 0.6 is 11.6 Å². The van der Waals surface area contributed by atoms with Crippen LogP contribution in [0.15, 0.2) is 24.7 Å². The average molecular weight is 168 g/mol. The molecule has 56 valence electrons. The molecule has 2 aromatic heterocycles. The minimum atomic E-state index is 0.505. The molecule has 0 radical (unpaired) electrons. The molecule has 0 amide bonds. The summed E-state index contributed by atoms with van der Waals surface area (Å²) >= 11 is 5.75. The zero-order valence-corrected chi connectivity index (χ0v) is 6.42. The zero-order chi connectivity index (χ0) is 7.84. The summed E-state index contributed by atoms with van der Waals surface area (Å²) in [5.74, 6) is 0. The Balaban J connectivity index is 2.86. The quantitative estimate of drug-likeness (QED) is 0.647. The summed E-state index contributed by atoms with van der Waals surface area (Å²) in [5.41, 5.74) is 7.12. The number of halogens is 1. The van der Waals surface area contributed by atoms with Crippen LogP contribution in [-0.2, 0) is 0 Å². The molecule has 0 atom stereocenters. The molecular weight excluding hydrogens is 162 g/mol. The molecule has 2 aromatic rings. The largest absolute Gasteiger partial charge is 0.398 e. The van der Waals surface area contributed by atoms with Gasteiger partial charge in [-0.2, -0.15) is 0 Å². The van der Waals surface area contributed by atoms with Gasteiger partial charge in [0.25, 0.3) is 0 Å². The predicted octanol–water partition coefficient (Wildman–Crippen LogP) is 1.57. The summed E-state index contributed by atoms with van der Waals surface area (Å²) in [6, 6.07) is 3.63. The Labute approximate surface area is 68.4 Å². The molecule has 2 heterocycles. The molecule has 0 aliphatic carbocycles. The number of fused-ring (bicyclic) bond motifs is 1. The van der Waals surface area contributed by atoms with Crippen LogP contribution in [0.25, 0.3) is 5.52 Å². The van der Waals surface area contributed by atoms with E-state index in [1.807, 2.05) is 6.07 Å². The maximum absolute atomic E-state index is 5.75. The van der Waals surface area contributed by atoms with Crippen LogP contribution in [0.1, 0.15) is 0 Å². The van der Waals surface area contributed by atoms with E-state index in [9.17, 15) is 0 Å². The van der Waals surface area contributed by atoms with Crippen molar-refractivity contribution < 1.29 is 0 Å². The highest BCUT2D eigenvalue weighted by Gasteiger charge is 1.98. The van der Waals surface area contributed by atoms with Gasteiger partial charge >= 0.3 is 0 Å². The van der Waals surface area contributed by atoms with Gasteiger partial charge in [0.15, 0.2) is 5.15 Å². The Kier molecular flexibility index (Phi) is 1.26. The summed E-state index contributed by atoms with van der Waals surface area (Å²) in [6.45, 7) is 0. The Morgan fingerprint density at radius 1 is 1.45 bits per heavy atom. The van der Waals surface area contributed by atoms with E-state index in [2.05, 4.69) is 4.98 Å². The average Bonchev–Trinajstić information content (AvgIpc) is 2.32. The monoisotopic (exact) mass is 167 g/mol. The number of pyridine rings is 1. The number of nitrogens with zero attached hydrogens (tertiary/aromatic N) is 2. The van der Waals surface area contributed by atoms with Crippen LogP contribution in [0.2, 0.25) is 5.15 Å². The number of anilines is 1. The van der Waals surface area contributed by atoms with Gasteiger partial charge < -0.3 is 10.1 Å². The van der Waals surface area contributed by atoms with Crippen LogP contribution < -0.4 is 5.73 Å². The van der Waals surface area contributed by atoms with Gasteiger partial charge in [0, 0.05) is 11.9 Å². The molecule has 4 heteroatoms. The van der Waals surface area contributed by atoms with Crippen molar-refractivity contribution in [2.75, 3.05) is 5.73 Å². The molecule has 0 saturated heterocycles. The third-order valence-electron chi connectivity index (χ3n) is 1.51. The van der Waals surface area contributed by atoms with Crippen LogP contribution in [-0.4, -0.2) is 9.38 Å². The fourth-order valence-electron chi connectivity index (χ4n) is 0.984. The predicted molar refractivity (Wildman–Crippen MR) is 44.6 cm³/mol. The van der Waals surface area contributed by atoms with E-state index in [-0.39, 0.29) is 0 Å². The van der Waals surface area contributed by atoms with E-state index in [0.29, 0.717) is 10.8 Å². The van der Waals surface area contributed by atoms with Crippen LogP contribution in [0.5, 0.6) is 0 Å². The van der Waals surface area contributed by atoms with E-state index in [1.165, 1.54) is 0 Å². The van der Waals surface area contributed by atoms with E-state index in [1.54, 1.807) is 23.0 Å². The molecular formula is C7H6ClN3. The fourth-order valence-corrected chi connectivity index (χ4v) is 1.19. The topological polar surface area (TPSA) is 43.3 Å². The standard InChI is InChI=1S/C7H6ClN3/c8-7-6-2-1-5(9)3-11(6)4-10-7/h1-4H,9H2. The maximum atomic E-state index is 5.75. The molecule has 0 aromatic carbocycles. The Morgan fingerprint density at radius 3 is 3.09 bits per heavy atom. The minimum absolute atomic E-state index is 0.505. The van der Waals surface area contributed by atoms with Crippen molar-refractivity contribution >= 4 is 22.8 Å². The first kappa shape index (κ1) is 6.49. The molecule has 2 N–H and O–H groups in total. The second-order valence-electron chi connectivity index (χ2n) is 2.29. The number of aromatic nitrogens is 2. The van der Waals surface area contributed by atoms with Crippen molar-refractivity contribution in [2.45, 2.75) is 0 Å². The van der Waals surface area contributed by atoms with Crippen molar-refractivity contribution in [3.63, 3.8) is 0 Å². The summed E-state index contributed by atoms with van der Waals surface area (Å²) in [5, 5.41) is 0.505. The van der Waals surface area contributed by atoms with E-state index in [0.717, 1.165) is 5.52 Å². The molecule has 0 spiro atoms. The lowest BCUT2D eigenvalue weighted by molar-refractivity contribution is 1.16. The third-order valence-corrected chi connectivity index (χ3v) is 1.80. The molecule has 0 fully saturated rings. The van der Waals surface area contributed by atoms with Gasteiger partial charge in [-0.05, 0) is 12.1 Å². The van der Waals surface area contributed by atoms with Crippen LogP contribution in [0, 0.1) is 0 Å². The normalized spacial score (nSPS) is 10.6. The van der Waals surface area contributed by atoms with E-state index >= 15 is 0 Å². The highest BCUT2D eigenvalue weighted by atomic mass is 35.5. The first-order valence-electron chi connectivity index (χ1n) is 3.15.